The lowest BCUT2D eigenvalue weighted by atomic mass is 9.80. The van der Waals surface area contributed by atoms with E-state index >= 15 is 0 Å². The van der Waals surface area contributed by atoms with E-state index in [2.05, 4.69) is 36.2 Å². The van der Waals surface area contributed by atoms with Crippen molar-refractivity contribution in [2.45, 2.75) is 38.6 Å². The van der Waals surface area contributed by atoms with Crippen LogP contribution in [0.1, 0.15) is 44.2 Å². The highest BCUT2D eigenvalue weighted by atomic mass is 19.1. The molecule has 1 heterocycles. The Bertz CT molecular complexity index is 941. The van der Waals surface area contributed by atoms with Crippen LogP contribution in [0.5, 0.6) is 11.5 Å². The lowest BCUT2D eigenvalue weighted by molar-refractivity contribution is -0.123. The summed E-state index contributed by atoms with van der Waals surface area (Å²) in [7, 11) is 3.56. The molecule has 0 saturated carbocycles. The van der Waals surface area contributed by atoms with E-state index in [1.807, 2.05) is 13.1 Å². The number of anilines is 1. The summed E-state index contributed by atoms with van der Waals surface area (Å²) in [6, 6.07) is 10.2. The first-order valence-electron chi connectivity index (χ1n) is 9.87. The molecule has 2 aromatic carbocycles. The van der Waals surface area contributed by atoms with Gasteiger partial charge in [0.25, 0.3) is 5.91 Å². The number of hydrogen-bond acceptors (Lipinski definition) is 5. The third-order valence-corrected chi connectivity index (χ3v) is 5.57. The van der Waals surface area contributed by atoms with Gasteiger partial charge in [-0.25, -0.2) is 9.82 Å². The predicted molar refractivity (Wildman–Crippen MR) is 116 cm³/mol. The highest BCUT2D eigenvalue weighted by Crippen LogP contribution is 2.43. The SMILES string of the molecule is COc1ccc(OCC(=O)N/N=C/c2cc3c(cc2F)N(C)C(C)(C)CC3C)cc1. The van der Waals surface area contributed by atoms with Gasteiger partial charge in [-0.15, -0.1) is 0 Å². The molecule has 0 aromatic heterocycles. The van der Waals surface area contributed by atoms with Gasteiger partial charge in [0.1, 0.15) is 17.3 Å². The molecule has 2 aromatic rings. The number of ether oxygens (including phenoxy) is 2. The molecule has 0 saturated heterocycles. The third-order valence-electron chi connectivity index (χ3n) is 5.57. The first kappa shape index (κ1) is 21.6. The van der Waals surface area contributed by atoms with Crippen molar-refractivity contribution in [3.8, 4) is 11.5 Å². The summed E-state index contributed by atoms with van der Waals surface area (Å²) in [5, 5.41) is 3.89. The van der Waals surface area contributed by atoms with Gasteiger partial charge in [0.05, 0.1) is 13.3 Å². The standard InChI is InChI=1S/C23H28FN3O3/c1-15-12-23(2,3)27(4)21-11-20(24)16(10-19(15)21)13-25-26-22(28)14-30-18-8-6-17(29-5)7-9-18/h6-11,13,15H,12,14H2,1-5H3,(H,26,28)/b25-13+. The zero-order valence-electron chi connectivity index (χ0n) is 18.0. The van der Waals surface area contributed by atoms with Crippen LogP contribution in [-0.4, -0.2) is 38.4 Å². The molecule has 0 aliphatic carbocycles. The van der Waals surface area contributed by atoms with E-state index in [-0.39, 0.29) is 18.0 Å². The number of amides is 1. The average Bonchev–Trinajstić information content (AvgIpc) is 2.71. The van der Waals surface area contributed by atoms with Gasteiger partial charge in [-0.2, -0.15) is 5.10 Å². The molecule has 1 N–H and O–H groups in total. The number of hydrazone groups is 1. The number of carbonyl (C=O) groups is 1. The van der Waals surface area contributed by atoms with Crippen molar-refractivity contribution in [1.29, 1.82) is 0 Å². The van der Waals surface area contributed by atoms with Gasteiger partial charge < -0.3 is 14.4 Å². The van der Waals surface area contributed by atoms with Gasteiger partial charge in [-0.1, -0.05) is 6.92 Å². The highest BCUT2D eigenvalue weighted by molar-refractivity contribution is 5.84. The molecule has 6 nitrogen and oxygen atoms in total. The first-order chi connectivity index (χ1) is 14.2. The number of benzene rings is 2. The van der Waals surface area contributed by atoms with Gasteiger partial charge in [0.15, 0.2) is 6.61 Å². The molecular weight excluding hydrogens is 385 g/mol. The van der Waals surface area contributed by atoms with E-state index < -0.39 is 5.91 Å². The van der Waals surface area contributed by atoms with Crippen LogP contribution in [0.4, 0.5) is 10.1 Å². The molecule has 1 aliphatic heterocycles. The molecule has 0 spiro atoms. The number of nitrogens with one attached hydrogen (secondary N) is 1. The molecule has 3 rings (SSSR count). The van der Waals surface area contributed by atoms with Gasteiger partial charge in [0, 0.05) is 23.8 Å². The second-order valence-corrected chi connectivity index (χ2v) is 8.17. The highest BCUT2D eigenvalue weighted by Gasteiger charge is 2.34. The number of fused-ring (bicyclic) bond motifs is 1. The lowest BCUT2D eigenvalue weighted by Crippen LogP contribution is -2.45. The summed E-state index contributed by atoms with van der Waals surface area (Å²) >= 11 is 0. The van der Waals surface area contributed by atoms with Crippen LogP contribution < -0.4 is 19.8 Å². The van der Waals surface area contributed by atoms with Gasteiger partial charge in [0.2, 0.25) is 0 Å². The van der Waals surface area contributed by atoms with Crippen molar-refractivity contribution in [2.24, 2.45) is 5.10 Å². The van der Waals surface area contributed by atoms with Crippen LogP contribution in [-0.2, 0) is 4.79 Å². The molecule has 1 aliphatic rings. The van der Waals surface area contributed by atoms with Crippen LogP contribution >= 0.6 is 0 Å². The minimum Gasteiger partial charge on any atom is -0.497 e. The van der Waals surface area contributed by atoms with Crippen LogP contribution in [0.25, 0.3) is 0 Å². The number of nitrogens with zero attached hydrogens (tertiary/aromatic N) is 2. The van der Waals surface area contributed by atoms with Crippen LogP contribution in [0, 0.1) is 5.82 Å². The van der Waals surface area contributed by atoms with Crippen LogP contribution in [0.15, 0.2) is 41.5 Å². The average molecular weight is 413 g/mol. The number of carbonyl (C=O) groups excluding carboxylic acids is 1. The molecule has 1 atom stereocenters. The summed E-state index contributed by atoms with van der Waals surface area (Å²) in [6.45, 7) is 6.25. The monoisotopic (exact) mass is 413 g/mol. The van der Waals surface area contributed by atoms with E-state index in [9.17, 15) is 9.18 Å². The fraction of sp³-hybridized carbons (Fsp3) is 0.391. The Morgan fingerprint density at radius 3 is 2.63 bits per heavy atom. The smallest absolute Gasteiger partial charge is 0.277 e. The predicted octanol–water partition coefficient (Wildman–Crippen LogP) is 4.09. The summed E-state index contributed by atoms with van der Waals surface area (Å²) in [5.74, 6) is 0.726. The van der Waals surface area contributed by atoms with Crippen molar-refractivity contribution in [3.05, 3.63) is 53.3 Å². The maximum atomic E-state index is 14.6. The third kappa shape index (κ3) is 4.72. The maximum absolute atomic E-state index is 14.6. The quantitative estimate of drug-likeness (QED) is 0.572. The van der Waals surface area contributed by atoms with Gasteiger partial charge >= 0.3 is 0 Å². The minimum absolute atomic E-state index is 0.0354. The molecule has 1 amide bonds. The first-order valence-corrected chi connectivity index (χ1v) is 9.87. The number of methoxy groups -OCH3 is 1. The fourth-order valence-corrected chi connectivity index (χ4v) is 3.73. The number of hydrogen-bond donors (Lipinski definition) is 1. The Kier molecular flexibility index (Phi) is 6.29. The van der Waals surface area contributed by atoms with Crippen molar-refractivity contribution < 1.29 is 18.7 Å². The topological polar surface area (TPSA) is 63.2 Å². The Balaban J connectivity index is 1.62. The molecule has 160 valence electrons. The van der Waals surface area contributed by atoms with Crippen molar-refractivity contribution in [3.63, 3.8) is 0 Å². The lowest BCUT2D eigenvalue weighted by Gasteiger charge is -2.45. The number of halogens is 1. The van der Waals surface area contributed by atoms with Crippen molar-refractivity contribution in [2.75, 3.05) is 25.7 Å². The largest absolute Gasteiger partial charge is 0.497 e. The van der Waals surface area contributed by atoms with Crippen LogP contribution in [0.2, 0.25) is 0 Å². The molecule has 1 unspecified atom stereocenters. The summed E-state index contributed by atoms with van der Waals surface area (Å²) in [5.41, 5.74) is 4.64. The Hall–Kier alpha value is -3.09. The Labute approximate surface area is 176 Å². The van der Waals surface area contributed by atoms with Gasteiger partial charge in [-0.05, 0) is 68.1 Å². The van der Waals surface area contributed by atoms with Crippen LogP contribution in [0.3, 0.4) is 0 Å². The Morgan fingerprint density at radius 2 is 1.97 bits per heavy atom. The van der Waals surface area contributed by atoms with E-state index in [0.29, 0.717) is 23.0 Å². The van der Waals surface area contributed by atoms with E-state index in [4.69, 9.17) is 9.47 Å². The van der Waals surface area contributed by atoms with Gasteiger partial charge in [-0.3, -0.25) is 4.79 Å². The zero-order valence-corrected chi connectivity index (χ0v) is 18.0. The summed E-state index contributed by atoms with van der Waals surface area (Å²) < 4.78 is 25.1. The summed E-state index contributed by atoms with van der Waals surface area (Å²) in [6.07, 6.45) is 2.30. The molecular formula is C23H28FN3O3. The molecule has 7 heteroatoms. The van der Waals surface area contributed by atoms with E-state index in [0.717, 1.165) is 17.7 Å². The maximum Gasteiger partial charge on any atom is 0.277 e. The molecule has 30 heavy (non-hydrogen) atoms. The minimum atomic E-state index is -0.435. The second kappa shape index (κ2) is 8.73. The molecule has 0 fully saturated rings. The van der Waals surface area contributed by atoms with E-state index in [1.165, 1.54) is 6.21 Å². The number of rotatable bonds is 6. The summed E-state index contributed by atoms with van der Waals surface area (Å²) in [4.78, 5) is 14.1. The molecule has 0 bridgehead atoms. The fourth-order valence-electron chi connectivity index (χ4n) is 3.73. The van der Waals surface area contributed by atoms with Crippen molar-refractivity contribution >= 4 is 17.8 Å². The zero-order chi connectivity index (χ0) is 21.9. The second-order valence-electron chi connectivity index (χ2n) is 8.17. The molecule has 0 radical (unpaired) electrons. The normalized spacial score (nSPS) is 17.5. The Morgan fingerprint density at radius 1 is 1.30 bits per heavy atom. The van der Waals surface area contributed by atoms with E-state index in [1.54, 1.807) is 37.4 Å². The van der Waals surface area contributed by atoms with Crippen molar-refractivity contribution in [1.82, 2.24) is 5.43 Å².